The molecule has 2 heterocycles. The Hall–Kier alpha value is -4.56. The van der Waals surface area contributed by atoms with E-state index in [1.165, 1.54) is 12.1 Å². The van der Waals surface area contributed by atoms with Gasteiger partial charge in [0.25, 0.3) is 11.8 Å². The van der Waals surface area contributed by atoms with Gasteiger partial charge in [-0.05, 0) is 98.3 Å². The third kappa shape index (κ3) is 5.63. The Labute approximate surface area is 248 Å². The summed E-state index contributed by atoms with van der Waals surface area (Å²) in [6.45, 7) is 0.551. The molecule has 1 spiro atoms. The zero-order chi connectivity index (χ0) is 29.1. The van der Waals surface area contributed by atoms with Crippen LogP contribution in [0.5, 0.6) is 0 Å². The summed E-state index contributed by atoms with van der Waals surface area (Å²) in [5, 5.41) is 7.69. The monoisotopic (exact) mass is 581 g/mol. The summed E-state index contributed by atoms with van der Waals surface area (Å²) < 4.78 is 13.6. The van der Waals surface area contributed by atoms with Crippen molar-refractivity contribution in [3.8, 4) is 0 Å². The second-order valence-electron chi connectivity index (χ2n) is 10.7. The van der Waals surface area contributed by atoms with Gasteiger partial charge in [-0.25, -0.2) is 9.37 Å². The molecular weight excluding hydrogens is 553 g/mol. The maximum absolute atomic E-state index is 13.9. The summed E-state index contributed by atoms with van der Waals surface area (Å²) in [4.78, 5) is 32.7. The molecule has 1 aromatic heterocycles. The summed E-state index contributed by atoms with van der Waals surface area (Å²) in [5.74, 6) is -0.493. The van der Waals surface area contributed by atoms with Crippen molar-refractivity contribution < 1.29 is 14.0 Å². The van der Waals surface area contributed by atoms with Crippen LogP contribution < -0.4 is 15.6 Å². The van der Waals surface area contributed by atoms with Gasteiger partial charge in [0.1, 0.15) is 11.6 Å². The molecule has 0 saturated heterocycles. The lowest BCUT2D eigenvalue weighted by molar-refractivity contribution is 0.0984. The van der Waals surface area contributed by atoms with Crippen LogP contribution in [0.15, 0.2) is 96.2 Å². The molecular formula is C33H29ClFN5O2. The van der Waals surface area contributed by atoms with Gasteiger partial charge in [-0.15, -0.1) is 0 Å². The van der Waals surface area contributed by atoms with Crippen LogP contribution in [0.25, 0.3) is 0 Å². The molecule has 2 N–H and O–H groups in total. The van der Waals surface area contributed by atoms with E-state index < -0.39 is 11.7 Å². The number of halogens is 2. The molecule has 0 radical (unpaired) electrons. The highest BCUT2D eigenvalue weighted by Gasteiger charge is 2.43. The van der Waals surface area contributed by atoms with E-state index in [1.54, 1.807) is 30.5 Å². The maximum Gasteiger partial charge on any atom is 0.258 e. The molecule has 4 aromatic rings. The first kappa shape index (κ1) is 27.6. The average molecular weight is 582 g/mol. The Morgan fingerprint density at radius 3 is 2.60 bits per heavy atom. The van der Waals surface area contributed by atoms with Crippen LogP contribution in [-0.4, -0.2) is 29.1 Å². The topological polar surface area (TPSA) is 86.7 Å². The minimum absolute atomic E-state index is 0.0389. The van der Waals surface area contributed by atoms with E-state index in [0.717, 1.165) is 55.1 Å². The van der Waals surface area contributed by atoms with Crippen molar-refractivity contribution in [3.63, 3.8) is 0 Å². The number of fused-ring (bicyclic) bond motifs is 1. The molecule has 212 valence electrons. The van der Waals surface area contributed by atoms with Crippen LogP contribution in [0.1, 0.15) is 52.0 Å². The van der Waals surface area contributed by atoms with Crippen LogP contribution in [0.4, 0.5) is 21.6 Å². The fraction of sp³-hybridized carbons (Fsp3) is 0.212. The normalized spacial score (nSPS) is 18.9. The Morgan fingerprint density at radius 2 is 1.79 bits per heavy atom. The number of aromatic nitrogens is 1. The van der Waals surface area contributed by atoms with Crippen molar-refractivity contribution >= 4 is 46.3 Å². The number of nitrogens with zero attached hydrogens (tertiary/aromatic N) is 3. The number of nitrogens with one attached hydrogen (secondary N) is 2. The van der Waals surface area contributed by atoms with Gasteiger partial charge < -0.3 is 10.2 Å². The second-order valence-corrected chi connectivity index (χ2v) is 11.1. The van der Waals surface area contributed by atoms with Crippen LogP contribution in [-0.2, 0) is 6.42 Å². The molecule has 1 atom stereocenters. The van der Waals surface area contributed by atoms with Gasteiger partial charge in [-0.1, -0.05) is 35.9 Å². The van der Waals surface area contributed by atoms with Gasteiger partial charge in [-0.3, -0.25) is 15.0 Å². The minimum atomic E-state index is -0.550. The molecule has 2 amide bonds. The Kier molecular flexibility index (Phi) is 7.71. The van der Waals surface area contributed by atoms with Gasteiger partial charge in [0.05, 0.1) is 10.6 Å². The summed E-state index contributed by atoms with van der Waals surface area (Å²) >= 11 is 6.07. The number of rotatable bonds is 5. The average Bonchev–Trinajstić information content (AvgIpc) is 3.31. The van der Waals surface area contributed by atoms with Gasteiger partial charge in [0.15, 0.2) is 0 Å². The zero-order valence-corrected chi connectivity index (χ0v) is 23.6. The number of carbonyl (C=O) groups excluding carboxylic acids is 2. The van der Waals surface area contributed by atoms with Crippen molar-refractivity contribution in [3.05, 3.63) is 119 Å². The number of carbonyl (C=O) groups is 2. The quantitative estimate of drug-likeness (QED) is 0.241. The highest BCUT2D eigenvalue weighted by atomic mass is 35.5. The number of hydrogen-bond donors (Lipinski definition) is 2. The molecule has 9 heteroatoms. The first-order chi connectivity index (χ1) is 20.4. The van der Waals surface area contributed by atoms with Crippen LogP contribution in [0.2, 0.25) is 5.02 Å². The molecule has 1 saturated carbocycles. The smallest absolute Gasteiger partial charge is 0.258 e. The molecule has 1 aliphatic carbocycles. The fourth-order valence-corrected chi connectivity index (χ4v) is 6.15. The number of hydrogen-bond acceptors (Lipinski definition) is 5. The van der Waals surface area contributed by atoms with Crippen molar-refractivity contribution in [2.24, 2.45) is 10.5 Å². The summed E-state index contributed by atoms with van der Waals surface area (Å²) in [6.07, 6.45) is 6.30. The van der Waals surface area contributed by atoms with E-state index in [-0.39, 0.29) is 21.9 Å². The van der Waals surface area contributed by atoms with Crippen molar-refractivity contribution in [1.82, 2.24) is 4.98 Å². The molecule has 3 aromatic carbocycles. The molecule has 1 unspecified atom stereocenters. The third-order valence-corrected chi connectivity index (χ3v) is 8.41. The lowest BCUT2D eigenvalue weighted by Crippen LogP contribution is -2.35. The van der Waals surface area contributed by atoms with Crippen LogP contribution in [0, 0.1) is 11.2 Å². The van der Waals surface area contributed by atoms with Gasteiger partial charge in [0.2, 0.25) is 0 Å². The third-order valence-electron chi connectivity index (χ3n) is 8.08. The molecule has 42 heavy (non-hydrogen) atoms. The molecule has 7 nitrogen and oxygen atoms in total. The Morgan fingerprint density at radius 1 is 0.976 bits per heavy atom. The van der Waals surface area contributed by atoms with E-state index in [4.69, 9.17) is 16.7 Å². The number of benzene rings is 3. The van der Waals surface area contributed by atoms with E-state index in [9.17, 15) is 14.0 Å². The number of para-hydroxylation sites is 1. The molecule has 6 rings (SSSR count). The van der Waals surface area contributed by atoms with E-state index in [0.29, 0.717) is 23.6 Å². The first-order valence-electron chi connectivity index (χ1n) is 13.9. The second kappa shape index (κ2) is 11.7. The number of pyridine rings is 1. The van der Waals surface area contributed by atoms with E-state index in [2.05, 4.69) is 21.8 Å². The number of hydrazone groups is 1. The highest BCUT2D eigenvalue weighted by molar-refractivity contribution is 6.34. The molecule has 1 aliphatic heterocycles. The minimum Gasteiger partial charge on any atom is -0.322 e. The molecule has 2 aliphatic rings. The summed E-state index contributed by atoms with van der Waals surface area (Å²) in [7, 11) is 0. The fourth-order valence-electron chi connectivity index (χ4n) is 5.95. The van der Waals surface area contributed by atoms with E-state index in [1.807, 2.05) is 41.3 Å². The largest absolute Gasteiger partial charge is 0.322 e. The summed E-state index contributed by atoms with van der Waals surface area (Å²) in [5.41, 5.74) is 7.15. The predicted molar refractivity (Wildman–Crippen MR) is 164 cm³/mol. The summed E-state index contributed by atoms with van der Waals surface area (Å²) in [6, 6.07) is 24.1. The van der Waals surface area contributed by atoms with Gasteiger partial charge >= 0.3 is 0 Å². The van der Waals surface area contributed by atoms with Gasteiger partial charge in [-0.2, -0.15) is 5.10 Å². The molecule has 1 fully saturated rings. The predicted octanol–water partition coefficient (Wildman–Crippen LogP) is 7.36. The lowest BCUT2D eigenvalue weighted by Gasteiger charge is -2.29. The van der Waals surface area contributed by atoms with E-state index >= 15 is 0 Å². The Balaban J connectivity index is 1.21. The first-order valence-corrected chi connectivity index (χ1v) is 14.3. The van der Waals surface area contributed by atoms with Crippen LogP contribution >= 0.6 is 11.6 Å². The highest BCUT2D eigenvalue weighted by Crippen LogP contribution is 2.46. The van der Waals surface area contributed by atoms with Crippen molar-refractivity contribution in [2.45, 2.75) is 32.1 Å². The number of anilines is 3. The van der Waals surface area contributed by atoms with Gasteiger partial charge in [0, 0.05) is 40.8 Å². The zero-order valence-electron chi connectivity index (χ0n) is 22.8. The van der Waals surface area contributed by atoms with Crippen molar-refractivity contribution in [1.29, 1.82) is 0 Å². The maximum atomic E-state index is 13.9. The SMILES string of the molecule is O=C(Nc1ccc(C(=O)N2CCC3(CCC/C3=N\Nc3ccccn3)Cc3ccccc32)cc1)c1cc(F)ccc1Cl. The van der Waals surface area contributed by atoms with Crippen molar-refractivity contribution in [2.75, 3.05) is 22.2 Å². The molecule has 0 bridgehead atoms. The standard InChI is InChI=1S/C33H29ClFN5O2/c34-27-15-12-24(35)20-26(27)31(41)37-25-13-10-22(11-14-25)32(42)40-19-17-33(21-23-6-1-2-7-28(23)40)16-5-8-29(33)38-39-30-9-3-4-18-36-30/h1-4,6-7,9-15,18,20H,5,8,16-17,19,21H2,(H,36,39)(H,37,41)/b38-29+. The lowest BCUT2D eigenvalue weighted by atomic mass is 9.76. The number of amides is 2. The Bertz CT molecular complexity index is 1660. The van der Waals surface area contributed by atoms with Crippen LogP contribution in [0.3, 0.4) is 0 Å².